The van der Waals surface area contributed by atoms with E-state index in [0.29, 0.717) is 38.4 Å². The molecule has 0 aromatic heterocycles. The number of sulfonamides is 2. The average molecular weight is 720 g/mol. The molecule has 48 heavy (non-hydrogen) atoms. The van der Waals surface area contributed by atoms with Gasteiger partial charge in [0.25, 0.3) is 0 Å². The smallest absolute Gasteiger partial charge is 0.225 e. The predicted molar refractivity (Wildman–Crippen MR) is 189 cm³/mol. The number of amides is 2. The van der Waals surface area contributed by atoms with Gasteiger partial charge in [-0.15, -0.1) is 4.83 Å². The molecular weight excluding hydrogens is 655 g/mol. The molecular formula is C34H65N5O7S2. The summed E-state index contributed by atoms with van der Waals surface area (Å²) in [6.45, 7) is 7.45. The Morgan fingerprint density at radius 1 is 0.792 bits per heavy atom. The molecule has 0 radical (unpaired) electrons. The molecule has 0 bridgehead atoms. The maximum absolute atomic E-state index is 14.0. The van der Waals surface area contributed by atoms with Gasteiger partial charge in [0.2, 0.25) is 31.9 Å². The highest BCUT2D eigenvalue weighted by atomic mass is 32.2. The van der Waals surface area contributed by atoms with Gasteiger partial charge in [0.1, 0.15) is 0 Å². The molecule has 0 saturated heterocycles. The molecule has 2 amide bonds. The fraction of sp³-hybridized carbons (Fsp3) is 0.941. The summed E-state index contributed by atoms with van der Waals surface area (Å²) in [5.74, 6) is -1.44. The number of hydrazine groups is 1. The molecule has 0 spiro atoms. The lowest BCUT2D eigenvalue weighted by molar-refractivity contribution is -0.138. The standard InChI is InChI=1S/C34H65N5O7S2/c1-4-17-38(18-5-2)34(42)29-21-28(22-30(23-29)48(35,45)46)33(41)36-31(20-26-13-9-7-10-14-26)32(40)24-39(19-6-3)37-47(43,44)25-27-15-11-8-12-16-27/h26-32,37,40H,4-25H2,1-3H3,(H,36,41)(H2,35,45,46). The van der Waals surface area contributed by atoms with Gasteiger partial charge in [0, 0.05) is 38.0 Å². The van der Waals surface area contributed by atoms with Crippen molar-refractivity contribution >= 4 is 31.9 Å². The minimum absolute atomic E-state index is 0.00395. The van der Waals surface area contributed by atoms with Gasteiger partial charge in [-0.1, -0.05) is 72.1 Å². The number of hydrogen-bond acceptors (Lipinski definition) is 8. The molecule has 14 heteroatoms. The number of primary sulfonamides is 1. The normalized spacial score (nSPS) is 24.7. The topological polar surface area (TPSA) is 179 Å². The Balaban J connectivity index is 1.78. The molecule has 5 N–H and O–H groups in total. The van der Waals surface area contributed by atoms with E-state index in [1.165, 1.54) is 0 Å². The highest BCUT2D eigenvalue weighted by molar-refractivity contribution is 7.89. The van der Waals surface area contributed by atoms with E-state index in [2.05, 4.69) is 10.1 Å². The van der Waals surface area contributed by atoms with E-state index in [1.807, 2.05) is 20.8 Å². The Hall–Kier alpha value is -1.32. The summed E-state index contributed by atoms with van der Waals surface area (Å²) in [6.07, 6.45) is 12.3. The SMILES string of the molecule is CCCN(CC(O)C(CC1CCCCC1)NC(=O)C1CC(C(=O)N(CCC)CCC)CC(S(N)(=O)=O)C1)NS(=O)(=O)CC1CCCCC1. The van der Waals surface area contributed by atoms with Gasteiger partial charge in [0.05, 0.1) is 23.1 Å². The van der Waals surface area contributed by atoms with Crippen LogP contribution in [0.3, 0.4) is 0 Å². The second-order valence-electron chi connectivity index (χ2n) is 14.9. The molecule has 280 valence electrons. The van der Waals surface area contributed by atoms with Crippen molar-refractivity contribution in [3.8, 4) is 0 Å². The van der Waals surface area contributed by atoms with Crippen LogP contribution in [0, 0.1) is 23.7 Å². The van der Waals surface area contributed by atoms with Crippen molar-refractivity contribution in [1.82, 2.24) is 20.1 Å². The maximum Gasteiger partial charge on any atom is 0.225 e. The first-order chi connectivity index (χ1) is 22.8. The van der Waals surface area contributed by atoms with Crippen molar-refractivity contribution in [2.24, 2.45) is 28.8 Å². The highest BCUT2D eigenvalue weighted by Gasteiger charge is 2.42. The summed E-state index contributed by atoms with van der Waals surface area (Å²) in [4.78, 5) is 32.1. The first-order valence-electron chi connectivity index (χ1n) is 18.8. The lowest BCUT2D eigenvalue weighted by Crippen LogP contribution is -2.55. The largest absolute Gasteiger partial charge is 0.390 e. The molecule has 0 aromatic rings. The third-order valence-corrected chi connectivity index (χ3v) is 13.4. The zero-order valence-corrected chi connectivity index (χ0v) is 31.4. The average Bonchev–Trinajstić information content (AvgIpc) is 3.04. The van der Waals surface area contributed by atoms with Gasteiger partial charge in [-0.05, 0) is 69.6 Å². The van der Waals surface area contributed by atoms with E-state index in [0.717, 1.165) is 77.0 Å². The van der Waals surface area contributed by atoms with Gasteiger partial charge >= 0.3 is 0 Å². The fourth-order valence-electron chi connectivity index (χ4n) is 8.17. The van der Waals surface area contributed by atoms with Crippen LogP contribution < -0.4 is 15.3 Å². The Labute approximate surface area is 290 Å². The van der Waals surface area contributed by atoms with Crippen molar-refractivity contribution in [1.29, 1.82) is 0 Å². The molecule has 0 aliphatic heterocycles. The molecule has 5 atom stereocenters. The zero-order valence-electron chi connectivity index (χ0n) is 29.8. The molecule has 3 saturated carbocycles. The number of nitrogens with zero attached hydrogens (tertiary/aromatic N) is 2. The van der Waals surface area contributed by atoms with Crippen LogP contribution in [0.4, 0.5) is 0 Å². The fourth-order valence-corrected chi connectivity index (χ4v) is 10.8. The summed E-state index contributed by atoms with van der Waals surface area (Å²) < 4.78 is 51.5. The van der Waals surface area contributed by atoms with E-state index in [-0.39, 0.29) is 43.4 Å². The van der Waals surface area contributed by atoms with E-state index in [9.17, 15) is 31.5 Å². The van der Waals surface area contributed by atoms with Crippen LogP contribution in [0.1, 0.15) is 130 Å². The van der Waals surface area contributed by atoms with Gasteiger partial charge in [0.15, 0.2) is 0 Å². The van der Waals surface area contributed by atoms with E-state index in [4.69, 9.17) is 5.14 Å². The maximum atomic E-state index is 14.0. The second kappa shape index (κ2) is 19.9. The van der Waals surface area contributed by atoms with E-state index in [1.54, 1.807) is 9.91 Å². The van der Waals surface area contributed by atoms with Crippen molar-refractivity contribution < 1.29 is 31.5 Å². The van der Waals surface area contributed by atoms with Gasteiger partial charge in [-0.3, -0.25) is 9.59 Å². The van der Waals surface area contributed by atoms with Crippen LogP contribution in [0.2, 0.25) is 0 Å². The predicted octanol–water partition coefficient (Wildman–Crippen LogP) is 3.65. The van der Waals surface area contributed by atoms with Crippen LogP contribution >= 0.6 is 0 Å². The zero-order chi connectivity index (χ0) is 35.3. The first-order valence-corrected chi connectivity index (χ1v) is 22.1. The van der Waals surface area contributed by atoms with Crippen molar-refractivity contribution in [3.05, 3.63) is 0 Å². The second-order valence-corrected chi connectivity index (χ2v) is 18.5. The Morgan fingerprint density at radius 3 is 1.88 bits per heavy atom. The van der Waals surface area contributed by atoms with E-state index < -0.39 is 55.2 Å². The lowest BCUT2D eigenvalue weighted by atomic mass is 9.79. The summed E-state index contributed by atoms with van der Waals surface area (Å²) in [6, 6.07) is -0.663. The third kappa shape index (κ3) is 13.4. The molecule has 12 nitrogen and oxygen atoms in total. The van der Waals surface area contributed by atoms with Crippen LogP contribution in [0.15, 0.2) is 0 Å². The summed E-state index contributed by atoms with van der Waals surface area (Å²) in [5, 5.41) is 20.9. The molecule has 3 rings (SSSR count). The lowest BCUT2D eigenvalue weighted by Gasteiger charge is -2.37. The van der Waals surface area contributed by atoms with Crippen molar-refractivity contribution in [2.45, 2.75) is 147 Å². The number of hydrogen-bond donors (Lipinski definition) is 4. The van der Waals surface area contributed by atoms with Crippen LogP contribution in [0.25, 0.3) is 0 Å². The Morgan fingerprint density at radius 2 is 1.33 bits per heavy atom. The number of aliphatic hydroxyl groups is 1. The molecule has 5 unspecified atom stereocenters. The summed E-state index contributed by atoms with van der Waals surface area (Å²) >= 11 is 0. The molecule has 3 fully saturated rings. The monoisotopic (exact) mass is 719 g/mol. The summed E-state index contributed by atoms with van der Waals surface area (Å²) in [5.41, 5.74) is 0. The Kier molecular flexibility index (Phi) is 17.0. The van der Waals surface area contributed by atoms with E-state index >= 15 is 0 Å². The number of aliphatic hydroxyl groups excluding tert-OH is 1. The van der Waals surface area contributed by atoms with Crippen LogP contribution in [-0.4, -0.2) is 93.0 Å². The highest BCUT2D eigenvalue weighted by Crippen LogP contribution is 2.35. The number of nitrogens with one attached hydrogen (secondary N) is 2. The van der Waals surface area contributed by atoms with Gasteiger partial charge in [-0.2, -0.15) is 0 Å². The molecule has 3 aliphatic carbocycles. The quantitative estimate of drug-likeness (QED) is 0.146. The Bertz CT molecular complexity index is 1200. The van der Waals surface area contributed by atoms with Gasteiger partial charge in [-0.25, -0.2) is 27.0 Å². The summed E-state index contributed by atoms with van der Waals surface area (Å²) in [7, 11) is -7.62. The van der Waals surface area contributed by atoms with Gasteiger partial charge < -0.3 is 15.3 Å². The number of nitrogens with two attached hydrogens (primary N) is 1. The number of rotatable bonds is 19. The first kappa shape index (κ1) is 41.1. The van der Waals surface area contributed by atoms with Crippen molar-refractivity contribution in [2.75, 3.05) is 31.9 Å². The third-order valence-electron chi connectivity index (χ3n) is 10.6. The molecule has 3 aliphatic rings. The number of carbonyl (C=O) groups excluding carboxylic acids is 2. The van der Waals surface area contributed by atoms with Crippen molar-refractivity contribution in [3.63, 3.8) is 0 Å². The molecule has 0 aromatic carbocycles. The minimum atomic E-state index is -4.00. The molecule has 0 heterocycles. The van der Waals surface area contributed by atoms with Crippen LogP contribution in [-0.2, 0) is 29.6 Å². The minimum Gasteiger partial charge on any atom is -0.390 e. The number of carbonyl (C=O) groups is 2. The van der Waals surface area contributed by atoms with Crippen LogP contribution in [0.5, 0.6) is 0 Å².